The minimum atomic E-state index is -0.186. The molecule has 158 valence electrons. The Morgan fingerprint density at radius 3 is 2.65 bits per heavy atom. The van der Waals surface area contributed by atoms with Crippen molar-refractivity contribution in [2.75, 3.05) is 0 Å². The van der Waals surface area contributed by atoms with E-state index in [0.717, 1.165) is 22.6 Å². The molecule has 0 fully saturated rings. The average Bonchev–Trinajstić information content (AvgIpc) is 3.09. The molecule has 0 spiro atoms. The molecule has 1 aliphatic heterocycles. The second-order valence-electron chi connectivity index (χ2n) is 9.10. The Balaban J connectivity index is 1.87. The van der Waals surface area contributed by atoms with Crippen molar-refractivity contribution in [3.05, 3.63) is 96.4 Å². The number of hydrogen-bond acceptors (Lipinski definition) is 3. The molecule has 1 aliphatic rings. The second-order valence-corrected chi connectivity index (χ2v) is 9.10. The summed E-state index contributed by atoms with van der Waals surface area (Å²) in [5.74, 6) is 1.07. The lowest BCUT2D eigenvalue weighted by atomic mass is 9.81. The number of ether oxygens (including phenoxy) is 1. The van der Waals surface area contributed by atoms with Crippen LogP contribution >= 0.6 is 0 Å². The van der Waals surface area contributed by atoms with Crippen molar-refractivity contribution in [3.8, 4) is 17.0 Å². The first-order chi connectivity index (χ1) is 14.8. The number of fused-ring (bicyclic) bond motifs is 2. The highest BCUT2D eigenvalue weighted by molar-refractivity contribution is 5.91. The number of benzene rings is 2. The number of pyridine rings is 1. The van der Waals surface area contributed by atoms with E-state index in [4.69, 9.17) is 9.72 Å². The number of hydrogen-bond donors (Lipinski definition) is 1. The maximum absolute atomic E-state index is 9.43. The van der Waals surface area contributed by atoms with Gasteiger partial charge in [0.05, 0.1) is 11.5 Å². The van der Waals surface area contributed by atoms with E-state index in [9.17, 15) is 5.11 Å². The molecule has 1 N–H and O–H groups in total. The van der Waals surface area contributed by atoms with Crippen LogP contribution in [0.3, 0.4) is 0 Å². The van der Waals surface area contributed by atoms with E-state index in [-0.39, 0.29) is 23.2 Å². The molecule has 2 unspecified atom stereocenters. The summed E-state index contributed by atoms with van der Waals surface area (Å²) >= 11 is 0. The van der Waals surface area contributed by atoms with Gasteiger partial charge >= 0.3 is 0 Å². The van der Waals surface area contributed by atoms with Crippen LogP contribution in [0.25, 0.3) is 22.0 Å². The first-order valence-corrected chi connectivity index (χ1v) is 10.7. The number of nitrogens with zero attached hydrogens (tertiary/aromatic N) is 1. The molecule has 0 bridgehead atoms. The van der Waals surface area contributed by atoms with Gasteiger partial charge in [0.25, 0.3) is 0 Å². The first-order valence-electron chi connectivity index (χ1n) is 10.7. The molecule has 0 saturated heterocycles. The van der Waals surface area contributed by atoms with Crippen molar-refractivity contribution >= 4 is 10.8 Å². The third-order valence-electron chi connectivity index (χ3n) is 5.74. The number of aliphatic hydroxyl groups excluding tert-OH is 1. The molecule has 0 saturated carbocycles. The molecule has 1 aromatic heterocycles. The van der Waals surface area contributed by atoms with Gasteiger partial charge in [-0.2, -0.15) is 0 Å². The monoisotopic (exact) mass is 411 g/mol. The topological polar surface area (TPSA) is 42.4 Å². The zero-order valence-electron chi connectivity index (χ0n) is 18.6. The van der Waals surface area contributed by atoms with Gasteiger partial charge in [-0.25, -0.2) is 0 Å². The highest BCUT2D eigenvalue weighted by atomic mass is 16.5. The van der Waals surface area contributed by atoms with Crippen molar-refractivity contribution in [1.82, 2.24) is 4.98 Å². The molecular formula is C28H29NO2. The third-order valence-corrected chi connectivity index (χ3v) is 5.74. The molecule has 4 rings (SSSR count). The fourth-order valence-electron chi connectivity index (χ4n) is 4.28. The van der Waals surface area contributed by atoms with Gasteiger partial charge < -0.3 is 9.84 Å². The lowest BCUT2D eigenvalue weighted by Crippen LogP contribution is -2.14. The van der Waals surface area contributed by atoms with E-state index in [1.54, 1.807) is 13.0 Å². The summed E-state index contributed by atoms with van der Waals surface area (Å²) in [6.07, 6.45) is 8.98. The standard InChI is InChI=1S/C28H29NO2/c1-6-21-24(13-9-10-18(2)30)31-25-14-15-29-27(26(21)25)20-16-19-11-7-8-12-22(19)23(17-20)28(3,4)5/h6-17,21,24,30H,1H2,2-5H3/b13-9+,18-10-. The van der Waals surface area contributed by atoms with Crippen LogP contribution in [0.2, 0.25) is 0 Å². The lowest BCUT2D eigenvalue weighted by molar-refractivity contribution is 0.270. The predicted molar refractivity (Wildman–Crippen MR) is 129 cm³/mol. The van der Waals surface area contributed by atoms with Crippen LogP contribution in [0.4, 0.5) is 0 Å². The molecular weight excluding hydrogens is 382 g/mol. The quantitative estimate of drug-likeness (QED) is 0.279. The van der Waals surface area contributed by atoms with E-state index in [0.29, 0.717) is 0 Å². The van der Waals surface area contributed by atoms with Crippen LogP contribution in [0, 0.1) is 0 Å². The molecule has 3 nitrogen and oxygen atoms in total. The second kappa shape index (κ2) is 8.07. The fraction of sp³-hybridized carbons (Fsp3) is 0.250. The Morgan fingerprint density at radius 2 is 1.94 bits per heavy atom. The summed E-state index contributed by atoms with van der Waals surface area (Å²) < 4.78 is 6.23. The maximum atomic E-state index is 9.43. The summed E-state index contributed by atoms with van der Waals surface area (Å²) in [4.78, 5) is 4.79. The van der Waals surface area contributed by atoms with E-state index < -0.39 is 0 Å². The van der Waals surface area contributed by atoms with Crippen LogP contribution in [0.15, 0.2) is 85.3 Å². The van der Waals surface area contributed by atoms with Crippen molar-refractivity contribution in [2.24, 2.45) is 0 Å². The molecule has 3 heteroatoms. The highest BCUT2D eigenvalue weighted by Crippen LogP contribution is 2.45. The summed E-state index contributed by atoms with van der Waals surface area (Å²) in [5.41, 5.74) is 4.39. The third kappa shape index (κ3) is 4.00. The number of aliphatic hydroxyl groups is 1. The summed E-state index contributed by atoms with van der Waals surface area (Å²) in [6.45, 7) is 12.5. The zero-order chi connectivity index (χ0) is 22.2. The molecule has 0 radical (unpaired) electrons. The van der Waals surface area contributed by atoms with Gasteiger partial charge in [-0.1, -0.05) is 57.2 Å². The predicted octanol–water partition coefficient (Wildman–Crippen LogP) is 7.25. The number of aromatic nitrogens is 1. The summed E-state index contributed by atoms with van der Waals surface area (Å²) in [5, 5.41) is 11.9. The van der Waals surface area contributed by atoms with Gasteiger partial charge in [-0.05, 0) is 59.0 Å². The Morgan fingerprint density at radius 1 is 1.16 bits per heavy atom. The molecule has 31 heavy (non-hydrogen) atoms. The lowest BCUT2D eigenvalue weighted by Gasteiger charge is -2.23. The van der Waals surface area contributed by atoms with Crippen LogP contribution in [-0.4, -0.2) is 16.2 Å². The van der Waals surface area contributed by atoms with Gasteiger partial charge in [-0.3, -0.25) is 4.98 Å². The fourth-order valence-corrected chi connectivity index (χ4v) is 4.28. The smallest absolute Gasteiger partial charge is 0.128 e. The van der Waals surface area contributed by atoms with Crippen LogP contribution in [-0.2, 0) is 5.41 Å². The van der Waals surface area contributed by atoms with Crippen LogP contribution in [0.5, 0.6) is 5.75 Å². The van der Waals surface area contributed by atoms with Gasteiger partial charge in [0.2, 0.25) is 0 Å². The van der Waals surface area contributed by atoms with E-state index in [1.165, 1.54) is 16.3 Å². The highest BCUT2D eigenvalue weighted by Gasteiger charge is 2.34. The average molecular weight is 412 g/mol. The molecule has 2 heterocycles. The number of allylic oxidation sites excluding steroid dienone is 3. The minimum Gasteiger partial charge on any atom is -0.513 e. The minimum absolute atomic E-state index is 0.00165. The number of rotatable bonds is 4. The van der Waals surface area contributed by atoms with E-state index >= 15 is 0 Å². The molecule has 3 aromatic rings. The Bertz CT molecular complexity index is 1190. The van der Waals surface area contributed by atoms with Gasteiger partial charge in [-0.15, -0.1) is 6.58 Å². The van der Waals surface area contributed by atoms with Crippen molar-refractivity contribution in [2.45, 2.75) is 45.1 Å². The maximum Gasteiger partial charge on any atom is 0.128 e. The Hall–Kier alpha value is -3.33. The largest absolute Gasteiger partial charge is 0.513 e. The van der Waals surface area contributed by atoms with Gasteiger partial charge in [0.1, 0.15) is 11.9 Å². The van der Waals surface area contributed by atoms with Gasteiger partial charge in [0.15, 0.2) is 0 Å². The van der Waals surface area contributed by atoms with Crippen molar-refractivity contribution in [3.63, 3.8) is 0 Å². The van der Waals surface area contributed by atoms with Crippen molar-refractivity contribution < 1.29 is 9.84 Å². The summed E-state index contributed by atoms with van der Waals surface area (Å²) in [7, 11) is 0. The van der Waals surface area contributed by atoms with Gasteiger partial charge in [0, 0.05) is 23.2 Å². The Kier molecular flexibility index (Phi) is 5.45. The van der Waals surface area contributed by atoms with Crippen molar-refractivity contribution in [1.29, 1.82) is 0 Å². The van der Waals surface area contributed by atoms with E-state index in [1.807, 2.05) is 30.5 Å². The van der Waals surface area contributed by atoms with E-state index in [2.05, 4.69) is 63.7 Å². The molecule has 2 aromatic carbocycles. The molecule has 0 aliphatic carbocycles. The Labute approximate surface area is 184 Å². The molecule has 2 atom stereocenters. The van der Waals surface area contributed by atoms with Crippen LogP contribution < -0.4 is 4.74 Å². The molecule has 0 amide bonds. The SMILES string of the molecule is C=CC1c2c(ccnc2-c2cc(C(C)(C)C)c3ccccc3c2)OC1/C=C/C=C(/C)O. The first kappa shape index (κ1) is 20.9. The normalized spacial score (nSPS) is 18.9. The summed E-state index contributed by atoms with van der Waals surface area (Å²) in [6, 6.07) is 14.9. The van der Waals surface area contributed by atoms with Crippen LogP contribution in [0.1, 0.15) is 44.7 Å². The zero-order valence-corrected chi connectivity index (χ0v) is 18.6.